The molecule has 0 aliphatic carbocycles. The molecular formula is C14H18N2O5. The van der Waals surface area contributed by atoms with Crippen molar-refractivity contribution in [3.05, 3.63) is 23.8 Å². The minimum atomic E-state index is -0.962. The molecule has 3 N–H and O–H groups in total. The molecule has 0 radical (unpaired) electrons. The number of benzene rings is 1. The van der Waals surface area contributed by atoms with Gasteiger partial charge in [-0.15, -0.1) is 0 Å². The number of nitrogens with one attached hydrogen (secondary N) is 2. The van der Waals surface area contributed by atoms with Gasteiger partial charge >= 0.3 is 12.0 Å². The fourth-order valence-corrected chi connectivity index (χ4v) is 2.01. The Morgan fingerprint density at radius 2 is 2.00 bits per heavy atom. The molecule has 1 aliphatic heterocycles. The summed E-state index contributed by atoms with van der Waals surface area (Å²) >= 11 is 0. The van der Waals surface area contributed by atoms with Gasteiger partial charge in [-0.2, -0.15) is 0 Å². The van der Waals surface area contributed by atoms with E-state index in [-0.39, 0.29) is 13.2 Å². The molecule has 2 amide bonds. The topological polar surface area (TPSA) is 96.9 Å². The molecule has 1 heterocycles. The Kier molecular flexibility index (Phi) is 4.21. The summed E-state index contributed by atoms with van der Waals surface area (Å²) in [5.74, 6) is 0.378. The van der Waals surface area contributed by atoms with Crippen molar-refractivity contribution in [1.29, 1.82) is 0 Å². The van der Waals surface area contributed by atoms with Gasteiger partial charge in [-0.25, -0.2) is 4.79 Å². The number of carboxylic acid groups (broad SMARTS) is 1. The number of fused-ring (bicyclic) bond motifs is 1. The summed E-state index contributed by atoms with van der Waals surface area (Å²) in [5.41, 5.74) is 0.0515. The fraction of sp³-hybridized carbons (Fsp3) is 0.429. The lowest BCUT2D eigenvalue weighted by atomic mass is 10.0. The van der Waals surface area contributed by atoms with Gasteiger partial charge in [-0.3, -0.25) is 4.79 Å². The van der Waals surface area contributed by atoms with E-state index in [1.54, 1.807) is 26.0 Å². The Bertz CT molecular complexity index is 556. The van der Waals surface area contributed by atoms with Crippen LogP contribution >= 0.6 is 0 Å². The molecular weight excluding hydrogens is 276 g/mol. The van der Waals surface area contributed by atoms with Crippen LogP contribution in [-0.4, -0.2) is 29.4 Å². The summed E-state index contributed by atoms with van der Waals surface area (Å²) in [6.07, 6.45) is -0.148. The molecule has 0 bridgehead atoms. The number of amides is 2. The Hall–Kier alpha value is -2.44. The van der Waals surface area contributed by atoms with Crippen LogP contribution in [0.3, 0.4) is 0 Å². The van der Waals surface area contributed by atoms with Crippen molar-refractivity contribution in [1.82, 2.24) is 10.6 Å². The highest BCUT2D eigenvalue weighted by Crippen LogP contribution is 2.32. The van der Waals surface area contributed by atoms with Gasteiger partial charge in [-0.1, -0.05) is 6.07 Å². The van der Waals surface area contributed by atoms with E-state index in [4.69, 9.17) is 14.6 Å². The number of aliphatic carboxylic acids is 1. The quantitative estimate of drug-likeness (QED) is 0.764. The summed E-state index contributed by atoms with van der Waals surface area (Å²) in [6.45, 7) is 3.82. The van der Waals surface area contributed by atoms with E-state index in [9.17, 15) is 9.59 Å². The van der Waals surface area contributed by atoms with Crippen LogP contribution in [0.5, 0.6) is 11.5 Å². The fourth-order valence-electron chi connectivity index (χ4n) is 2.01. The number of hydrogen-bond acceptors (Lipinski definition) is 4. The number of rotatable bonds is 5. The SMILES string of the molecule is CC(C)(CC(=O)O)NC(=O)NCc1ccc2c(c1)OCO2. The Morgan fingerprint density at radius 3 is 2.71 bits per heavy atom. The zero-order valence-electron chi connectivity index (χ0n) is 11.9. The van der Waals surface area contributed by atoms with Crippen LogP contribution in [0.2, 0.25) is 0 Å². The van der Waals surface area contributed by atoms with Crippen LogP contribution in [0.1, 0.15) is 25.8 Å². The first kappa shape index (κ1) is 15.0. The molecule has 1 aromatic carbocycles. The molecule has 21 heavy (non-hydrogen) atoms. The van der Waals surface area contributed by atoms with Crippen LogP contribution in [0.25, 0.3) is 0 Å². The van der Waals surface area contributed by atoms with Crippen molar-refractivity contribution in [2.45, 2.75) is 32.4 Å². The predicted molar refractivity (Wildman–Crippen MR) is 74.3 cm³/mol. The summed E-state index contributed by atoms with van der Waals surface area (Å²) in [6, 6.07) is 4.99. The van der Waals surface area contributed by atoms with Gasteiger partial charge in [0.15, 0.2) is 11.5 Å². The first-order valence-corrected chi connectivity index (χ1v) is 6.52. The lowest BCUT2D eigenvalue weighted by molar-refractivity contribution is -0.138. The average molecular weight is 294 g/mol. The number of hydrogen-bond donors (Lipinski definition) is 3. The number of carbonyl (C=O) groups is 2. The zero-order valence-corrected chi connectivity index (χ0v) is 11.9. The second kappa shape index (κ2) is 5.90. The molecule has 0 unspecified atom stereocenters. The van der Waals surface area contributed by atoms with Crippen molar-refractivity contribution < 1.29 is 24.2 Å². The van der Waals surface area contributed by atoms with E-state index in [0.29, 0.717) is 18.0 Å². The smallest absolute Gasteiger partial charge is 0.315 e. The van der Waals surface area contributed by atoms with E-state index < -0.39 is 17.5 Å². The maximum Gasteiger partial charge on any atom is 0.315 e. The minimum absolute atomic E-state index is 0.148. The lowest BCUT2D eigenvalue weighted by Crippen LogP contribution is -2.49. The highest BCUT2D eigenvalue weighted by molar-refractivity contribution is 5.76. The molecule has 0 atom stereocenters. The highest BCUT2D eigenvalue weighted by atomic mass is 16.7. The lowest BCUT2D eigenvalue weighted by Gasteiger charge is -2.24. The Morgan fingerprint density at radius 1 is 1.29 bits per heavy atom. The monoisotopic (exact) mass is 294 g/mol. The van der Waals surface area contributed by atoms with Crippen molar-refractivity contribution in [3.63, 3.8) is 0 Å². The molecule has 0 spiro atoms. The Labute approximate surface area is 122 Å². The van der Waals surface area contributed by atoms with E-state index in [0.717, 1.165) is 5.56 Å². The number of carboxylic acids is 1. The second-order valence-electron chi connectivity index (χ2n) is 5.45. The number of carbonyl (C=O) groups excluding carboxylic acids is 1. The summed E-state index contributed by atoms with van der Waals surface area (Å²) in [4.78, 5) is 22.5. The second-order valence-corrected chi connectivity index (χ2v) is 5.45. The molecule has 1 aliphatic rings. The zero-order chi connectivity index (χ0) is 15.5. The van der Waals surface area contributed by atoms with Gasteiger partial charge in [0.2, 0.25) is 6.79 Å². The molecule has 1 aromatic rings. The Balaban J connectivity index is 1.85. The van der Waals surface area contributed by atoms with Crippen LogP contribution < -0.4 is 20.1 Å². The van der Waals surface area contributed by atoms with Gasteiger partial charge in [0.05, 0.1) is 6.42 Å². The van der Waals surface area contributed by atoms with E-state index >= 15 is 0 Å². The van der Waals surface area contributed by atoms with Crippen molar-refractivity contribution >= 4 is 12.0 Å². The third-order valence-corrected chi connectivity index (χ3v) is 2.94. The summed E-state index contributed by atoms with van der Waals surface area (Å²) in [7, 11) is 0. The molecule has 7 heteroatoms. The molecule has 114 valence electrons. The number of urea groups is 1. The predicted octanol–water partition coefficient (Wildman–Crippen LogP) is 1.47. The summed E-state index contributed by atoms with van der Waals surface area (Å²) < 4.78 is 10.5. The third-order valence-electron chi connectivity index (χ3n) is 2.94. The van der Waals surface area contributed by atoms with Gasteiger partial charge in [-0.05, 0) is 31.5 Å². The van der Waals surface area contributed by atoms with E-state index in [1.165, 1.54) is 0 Å². The van der Waals surface area contributed by atoms with Crippen molar-refractivity contribution in [3.8, 4) is 11.5 Å². The van der Waals surface area contributed by atoms with Crippen LogP contribution in [0, 0.1) is 0 Å². The standard InChI is InChI=1S/C14H18N2O5/c1-14(2,6-12(17)18)16-13(19)15-7-9-3-4-10-11(5-9)21-8-20-10/h3-5H,6-8H2,1-2H3,(H,17,18)(H2,15,16,19). The van der Waals surface area contributed by atoms with Crippen LogP contribution in [0.4, 0.5) is 4.79 Å². The normalized spacial score (nSPS) is 12.9. The first-order chi connectivity index (χ1) is 9.85. The molecule has 7 nitrogen and oxygen atoms in total. The molecule has 2 rings (SSSR count). The maximum atomic E-state index is 11.8. The molecule has 0 saturated heterocycles. The average Bonchev–Trinajstić information content (AvgIpc) is 2.81. The van der Waals surface area contributed by atoms with Crippen LogP contribution in [0.15, 0.2) is 18.2 Å². The minimum Gasteiger partial charge on any atom is -0.481 e. The maximum absolute atomic E-state index is 11.8. The highest BCUT2D eigenvalue weighted by Gasteiger charge is 2.23. The molecule has 0 aromatic heterocycles. The number of ether oxygens (including phenoxy) is 2. The third kappa shape index (κ3) is 4.27. The van der Waals surface area contributed by atoms with Gasteiger partial charge < -0.3 is 25.2 Å². The largest absolute Gasteiger partial charge is 0.481 e. The molecule has 0 fully saturated rings. The van der Waals surface area contributed by atoms with E-state index in [1.807, 2.05) is 6.07 Å². The van der Waals surface area contributed by atoms with Gasteiger partial charge in [0.25, 0.3) is 0 Å². The first-order valence-electron chi connectivity index (χ1n) is 6.52. The van der Waals surface area contributed by atoms with Crippen molar-refractivity contribution in [2.24, 2.45) is 0 Å². The van der Waals surface area contributed by atoms with Gasteiger partial charge in [0.1, 0.15) is 0 Å². The molecule has 0 saturated carbocycles. The van der Waals surface area contributed by atoms with Crippen molar-refractivity contribution in [2.75, 3.05) is 6.79 Å². The van der Waals surface area contributed by atoms with E-state index in [2.05, 4.69) is 10.6 Å². The van der Waals surface area contributed by atoms with Crippen LogP contribution in [-0.2, 0) is 11.3 Å². The summed E-state index contributed by atoms with van der Waals surface area (Å²) in [5, 5.41) is 14.1. The van der Waals surface area contributed by atoms with Gasteiger partial charge in [0, 0.05) is 12.1 Å².